The highest BCUT2D eigenvalue weighted by Gasteiger charge is 2.30. The highest BCUT2D eigenvalue weighted by atomic mass is 32.2. The van der Waals surface area contributed by atoms with Crippen LogP contribution in [0.4, 0.5) is 0 Å². The normalized spacial score (nSPS) is 15.6. The summed E-state index contributed by atoms with van der Waals surface area (Å²) in [7, 11) is -0.198. The van der Waals surface area contributed by atoms with Gasteiger partial charge in [-0.15, -0.1) is 10.2 Å². The SMILES string of the molecule is COc1ccc(S(=O)(=O)N2CCN(C(=O)CSc3nnc(C)n3C)CC2)cc1. The molecule has 152 valence electrons. The number of sulfonamides is 1. The van der Waals surface area contributed by atoms with Crippen LogP contribution in [0.1, 0.15) is 5.82 Å². The van der Waals surface area contributed by atoms with Crippen LogP contribution in [0.3, 0.4) is 0 Å². The fourth-order valence-corrected chi connectivity index (χ4v) is 5.09. The molecule has 0 spiro atoms. The van der Waals surface area contributed by atoms with Gasteiger partial charge in [-0.1, -0.05) is 11.8 Å². The zero-order valence-corrected chi connectivity index (χ0v) is 17.7. The third-order valence-corrected chi connectivity index (χ3v) is 7.58. The number of rotatable bonds is 6. The Morgan fingerprint density at radius 1 is 1.14 bits per heavy atom. The molecule has 9 nitrogen and oxygen atoms in total. The molecule has 1 aliphatic heterocycles. The molecule has 2 aromatic rings. The molecule has 0 unspecified atom stereocenters. The van der Waals surface area contributed by atoms with Crippen LogP contribution in [0.2, 0.25) is 0 Å². The predicted molar refractivity (Wildman–Crippen MR) is 105 cm³/mol. The molecule has 1 amide bonds. The molecule has 11 heteroatoms. The number of carbonyl (C=O) groups is 1. The minimum atomic E-state index is -3.58. The first kappa shape index (κ1) is 20.6. The molecule has 0 radical (unpaired) electrons. The Bertz CT molecular complexity index is 935. The maximum absolute atomic E-state index is 12.8. The number of benzene rings is 1. The van der Waals surface area contributed by atoms with Crippen molar-refractivity contribution in [2.24, 2.45) is 7.05 Å². The molecular weight excluding hydrogens is 402 g/mol. The summed E-state index contributed by atoms with van der Waals surface area (Å²) in [6.07, 6.45) is 0. The Kier molecular flexibility index (Phi) is 6.26. The first-order chi connectivity index (χ1) is 13.3. The van der Waals surface area contributed by atoms with Gasteiger partial charge < -0.3 is 14.2 Å². The average Bonchev–Trinajstić information content (AvgIpc) is 3.04. The van der Waals surface area contributed by atoms with E-state index < -0.39 is 10.0 Å². The summed E-state index contributed by atoms with van der Waals surface area (Å²) in [5.41, 5.74) is 0. The topological polar surface area (TPSA) is 97.6 Å². The Morgan fingerprint density at radius 3 is 2.32 bits per heavy atom. The number of aryl methyl sites for hydroxylation is 1. The Morgan fingerprint density at radius 2 is 1.79 bits per heavy atom. The van der Waals surface area contributed by atoms with Crippen molar-refractivity contribution in [3.8, 4) is 5.75 Å². The van der Waals surface area contributed by atoms with Crippen LogP contribution in [0.5, 0.6) is 5.75 Å². The number of nitrogens with zero attached hydrogens (tertiary/aromatic N) is 5. The largest absolute Gasteiger partial charge is 0.497 e. The molecule has 1 saturated heterocycles. The fraction of sp³-hybridized carbons (Fsp3) is 0.471. The minimum Gasteiger partial charge on any atom is -0.497 e. The first-order valence-electron chi connectivity index (χ1n) is 8.73. The van der Waals surface area contributed by atoms with Crippen molar-refractivity contribution < 1.29 is 17.9 Å². The van der Waals surface area contributed by atoms with E-state index in [0.717, 1.165) is 5.82 Å². The lowest BCUT2D eigenvalue weighted by Crippen LogP contribution is -2.50. The Balaban J connectivity index is 1.55. The van der Waals surface area contributed by atoms with Gasteiger partial charge in [0.1, 0.15) is 11.6 Å². The summed E-state index contributed by atoms with van der Waals surface area (Å²) in [6.45, 7) is 3.13. The lowest BCUT2D eigenvalue weighted by molar-refractivity contribution is -0.129. The summed E-state index contributed by atoms with van der Waals surface area (Å²) >= 11 is 1.33. The molecule has 0 bridgehead atoms. The molecule has 0 aliphatic carbocycles. The van der Waals surface area contributed by atoms with Crippen molar-refractivity contribution in [3.05, 3.63) is 30.1 Å². The Labute approximate surface area is 168 Å². The van der Waals surface area contributed by atoms with Crippen LogP contribution in [0.15, 0.2) is 34.3 Å². The second kappa shape index (κ2) is 8.50. The van der Waals surface area contributed by atoms with E-state index in [4.69, 9.17) is 4.74 Å². The number of thioether (sulfide) groups is 1. The molecule has 0 atom stereocenters. The van der Waals surface area contributed by atoms with Gasteiger partial charge in [0.25, 0.3) is 0 Å². The van der Waals surface area contributed by atoms with Crippen LogP contribution in [0.25, 0.3) is 0 Å². The number of hydrogen-bond donors (Lipinski definition) is 0. The third-order valence-electron chi connectivity index (χ3n) is 4.67. The van der Waals surface area contributed by atoms with Gasteiger partial charge in [-0.3, -0.25) is 4.79 Å². The van der Waals surface area contributed by atoms with Crippen LogP contribution in [-0.4, -0.2) is 77.3 Å². The van der Waals surface area contributed by atoms with Gasteiger partial charge in [-0.2, -0.15) is 4.31 Å². The van der Waals surface area contributed by atoms with Gasteiger partial charge in [-0.05, 0) is 31.2 Å². The number of amides is 1. The average molecular weight is 426 g/mol. The smallest absolute Gasteiger partial charge is 0.243 e. The van der Waals surface area contributed by atoms with Gasteiger partial charge in [0, 0.05) is 33.2 Å². The number of piperazine rings is 1. The van der Waals surface area contributed by atoms with Gasteiger partial charge in [-0.25, -0.2) is 8.42 Å². The minimum absolute atomic E-state index is 0.0350. The summed E-state index contributed by atoms with van der Waals surface area (Å²) in [6, 6.07) is 6.31. The number of aromatic nitrogens is 3. The number of hydrogen-bond acceptors (Lipinski definition) is 7. The quantitative estimate of drug-likeness (QED) is 0.630. The first-order valence-corrected chi connectivity index (χ1v) is 11.2. The molecule has 28 heavy (non-hydrogen) atoms. The van der Waals surface area contributed by atoms with E-state index in [-0.39, 0.29) is 29.6 Å². The van der Waals surface area contributed by atoms with Crippen molar-refractivity contribution in [1.82, 2.24) is 24.0 Å². The summed E-state index contributed by atoms with van der Waals surface area (Å²) < 4.78 is 33.9. The Hall–Kier alpha value is -2.11. The molecule has 2 heterocycles. The van der Waals surface area contributed by atoms with Crippen molar-refractivity contribution in [2.45, 2.75) is 17.0 Å². The van der Waals surface area contributed by atoms with E-state index in [1.807, 2.05) is 18.5 Å². The van der Waals surface area contributed by atoms with Crippen LogP contribution in [-0.2, 0) is 21.9 Å². The summed E-state index contributed by atoms with van der Waals surface area (Å²) in [5.74, 6) is 1.60. The lowest BCUT2D eigenvalue weighted by atomic mass is 10.3. The zero-order valence-electron chi connectivity index (χ0n) is 16.0. The standard InChI is InChI=1S/C17H23N5O4S2/c1-13-18-19-17(20(13)2)27-12-16(23)21-8-10-22(11-9-21)28(24,25)15-6-4-14(26-3)5-7-15/h4-7H,8-12H2,1-3H3. The van der Waals surface area contributed by atoms with E-state index in [9.17, 15) is 13.2 Å². The van der Waals surface area contributed by atoms with Crippen molar-refractivity contribution in [3.63, 3.8) is 0 Å². The van der Waals surface area contributed by atoms with E-state index in [2.05, 4.69) is 10.2 Å². The molecule has 1 aliphatic rings. The van der Waals surface area contributed by atoms with Crippen LogP contribution in [0, 0.1) is 6.92 Å². The maximum Gasteiger partial charge on any atom is 0.243 e. The van der Waals surface area contributed by atoms with Crippen molar-refractivity contribution >= 4 is 27.7 Å². The number of methoxy groups -OCH3 is 1. The molecule has 1 aromatic carbocycles. The fourth-order valence-electron chi connectivity index (χ4n) is 2.81. The molecule has 0 saturated carbocycles. The van der Waals surface area contributed by atoms with E-state index in [1.54, 1.807) is 17.0 Å². The predicted octanol–water partition coefficient (Wildman–Crippen LogP) is 0.757. The highest BCUT2D eigenvalue weighted by molar-refractivity contribution is 7.99. The monoisotopic (exact) mass is 425 g/mol. The van der Waals surface area contributed by atoms with Crippen molar-refractivity contribution in [1.29, 1.82) is 0 Å². The van der Waals surface area contributed by atoms with Crippen LogP contribution >= 0.6 is 11.8 Å². The second-order valence-electron chi connectivity index (χ2n) is 6.34. The maximum atomic E-state index is 12.8. The van der Waals surface area contributed by atoms with E-state index in [1.165, 1.54) is 35.3 Å². The third kappa shape index (κ3) is 4.31. The number of carbonyl (C=O) groups excluding carboxylic acids is 1. The van der Waals surface area contributed by atoms with Gasteiger partial charge in [0.15, 0.2) is 5.16 Å². The molecular formula is C17H23N5O4S2. The molecule has 3 rings (SSSR count). The van der Waals surface area contributed by atoms with Crippen molar-refractivity contribution in [2.75, 3.05) is 39.0 Å². The molecule has 0 N–H and O–H groups in total. The number of ether oxygens (including phenoxy) is 1. The summed E-state index contributed by atoms with van der Waals surface area (Å²) in [5, 5.41) is 8.69. The van der Waals surface area contributed by atoms with Gasteiger partial charge >= 0.3 is 0 Å². The van der Waals surface area contributed by atoms with Gasteiger partial charge in [0.05, 0.1) is 17.8 Å². The van der Waals surface area contributed by atoms with E-state index in [0.29, 0.717) is 24.0 Å². The van der Waals surface area contributed by atoms with Gasteiger partial charge in [0.2, 0.25) is 15.9 Å². The zero-order chi connectivity index (χ0) is 20.3. The lowest BCUT2D eigenvalue weighted by Gasteiger charge is -2.34. The highest BCUT2D eigenvalue weighted by Crippen LogP contribution is 2.21. The molecule has 1 fully saturated rings. The van der Waals surface area contributed by atoms with Crippen LogP contribution < -0.4 is 4.74 Å². The molecule has 1 aromatic heterocycles. The van der Waals surface area contributed by atoms with E-state index >= 15 is 0 Å². The summed E-state index contributed by atoms with van der Waals surface area (Å²) in [4.78, 5) is 14.4. The second-order valence-corrected chi connectivity index (χ2v) is 9.22.